The first-order valence-electron chi connectivity index (χ1n) is 49.8. The van der Waals surface area contributed by atoms with Gasteiger partial charge in [-0.25, -0.2) is 4.57 Å². The molecule has 3 rings (SSSR count). The molecule has 0 spiro atoms. The largest absolute Gasteiger partial charge is 0.472 e. The van der Waals surface area contributed by atoms with Crippen molar-refractivity contribution in [3.05, 3.63) is 0 Å². The Morgan fingerprint density at radius 2 is 0.570 bits per heavy atom. The predicted molar refractivity (Wildman–Crippen MR) is 472 cm³/mol. The molecule has 0 radical (unpaired) electrons. The van der Waals surface area contributed by atoms with Crippen LogP contribution < -0.4 is 0 Å². The third-order valence-electron chi connectivity index (χ3n) is 24.6. The second kappa shape index (κ2) is 74.3. The summed E-state index contributed by atoms with van der Waals surface area (Å²) >= 11 is 0. The zero-order valence-corrected chi connectivity index (χ0v) is 77.2. The molecule has 714 valence electrons. The number of hydrogen-bond donors (Lipinski definition) is 10. The van der Waals surface area contributed by atoms with E-state index in [0.717, 1.165) is 128 Å². The Morgan fingerprint density at radius 3 is 0.901 bits per heavy atom. The molecule has 18 atom stereocenters. The van der Waals surface area contributed by atoms with Gasteiger partial charge in [-0.1, -0.05) is 400 Å². The van der Waals surface area contributed by atoms with E-state index in [1.165, 1.54) is 238 Å². The van der Waals surface area contributed by atoms with Crippen LogP contribution in [-0.2, 0) is 70.7 Å². The van der Waals surface area contributed by atoms with Crippen molar-refractivity contribution >= 4 is 31.7 Å². The number of esters is 4. The second-order valence-electron chi connectivity index (χ2n) is 35.7. The van der Waals surface area contributed by atoms with Gasteiger partial charge < -0.3 is 88.7 Å². The number of unbranched alkanes of at least 4 members (excludes halogenated alkanes) is 58. The fourth-order valence-corrected chi connectivity index (χ4v) is 17.7. The predicted octanol–water partition coefficient (Wildman–Crippen LogP) is 19.3. The van der Waals surface area contributed by atoms with Crippen molar-refractivity contribution in [1.29, 1.82) is 0 Å². The van der Waals surface area contributed by atoms with Gasteiger partial charge in [0, 0.05) is 25.7 Å². The van der Waals surface area contributed by atoms with E-state index in [0.29, 0.717) is 32.1 Å². The lowest BCUT2D eigenvalue weighted by molar-refractivity contribution is -0.360. The van der Waals surface area contributed by atoms with Crippen molar-refractivity contribution < 1.29 is 122 Å². The Morgan fingerprint density at radius 1 is 0.298 bits per heavy atom. The summed E-state index contributed by atoms with van der Waals surface area (Å²) in [6, 6.07) is 0. The number of aliphatic hydroxyl groups excluding tert-OH is 9. The molecule has 1 aliphatic carbocycles. The molecule has 0 amide bonds. The maximum Gasteiger partial charge on any atom is 0.472 e. The van der Waals surface area contributed by atoms with Gasteiger partial charge in [-0.2, -0.15) is 0 Å². The van der Waals surface area contributed by atoms with Crippen molar-refractivity contribution in [3.63, 3.8) is 0 Å². The van der Waals surface area contributed by atoms with Crippen LogP contribution in [-0.4, -0.2) is 205 Å². The van der Waals surface area contributed by atoms with Crippen molar-refractivity contribution in [2.24, 2.45) is 0 Å². The molecule has 3 fully saturated rings. The van der Waals surface area contributed by atoms with Gasteiger partial charge in [0.2, 0.25) is 0 Å². The van der Waals surface area contributed by atoms with E-state index < -0.39 is 162 Å². The molecule has 2 saturated heterocycles. The van der Waals surface area contributed by atoms with Crippen LogP contribution in [0.4, 0.5) is 0 Å². The number of carbonyl (C=O) groups is 4. The van der Waals surface area contributed by atoms with E-state index in [-0.39, 0.29) is 25.7 Å². The Hall–Kier alpha value is -2.53. The Kier molecular flexibility index (Phi) is 69.1. The minimum atomic E-state index is -5.80. The first-order valence-corrected chi connectivity index (χ1v) is 51.3. The lowest BCUT2D eigenvalue weighted by Gasteiger charge is -2.50. The molecule has 1 saturated carbocycles. The number of phosphoric acid groups is 1. The summed E-state index contributed by atoms with van der Waals surface area (Å²) in [7, 11) is -5.80. The minimum Gasteiger partial charge on any atom is -0.463 e. The van der Waals surface area contributed by atoms with Crippen molar-refractivity contribution in [2.75, 3.05) is 26.4 Å². The Labute approximate surface area is 731 Å². The molecule has 18 unspecified atom stereocenters. The average molecular weight is 1750 g/mol. The van der Waals surface area contributed by atoms with Crippen LogP contribution in [0.2, 0.25) is 0 Å². The second-order valence-corrected chi connectivity index (χ2v) is 37.1. The van der Waals surface area contributed by atoms with Crippen LogP contribution in [0.1, 0.15) is 451 Å². The maximum atomic E-state index is 14.9. The highest BCUT2D eigenvalue weighted by atomic mass is 31.2. The molecule has 10 N–H and O–H groups in total. The van der Waals surface area contributed by atoms with Gasteiger partial charge in [-0.15, -0.1) is 0 Å². The normalized spacial score (nSPS) is 24.5. The number of aliphatic hydroxyl groups is 9. The van der Waals surface area contributed by atoms with E-state index in [1.807, 2.05) is 0 Å². The van der Waals surface area contributed by atoms with E-state index in [9.17, 15) is 74.6 Å². The van der Waals surface area contributed by atoms with Gasteiger partial charge >= 0.3 is 31.7 Å². The van der Waals surface area contributed by atoms with Crippen LogP contribution in [0.15, 0.2) is 0 Å². The quantitative estimate of drug-likeness (QED) is 0.0117. The summed E-state index contributed by atoms with van der Waals surface area (Å²) < 4.78 is 73.6. The first kappa shape index (κ1) is 113. The number of hydrogen-bond acceptors (Lipinski definition) is 24. The highest BCUT2D eigenvalue weighted by molar-refractivity contribution is 7.47. The van der Waals surface area contributed by atoms with E-state index in [1.54, 1.807) is 0 Å². The zero-order valence-electron chi connectivity index (χ0n) is 76.4. The fourth-order valence-electron chi connectivity index (χ4n) is 16.7. The molecule has 0 aromatic carbocycles. The van der Waals surface area contributed by atoms with Crippen LogP contribution in [0.3, 0.4) is 0 Å². The van der Waals surface area contributed by atoms with Crippen LogP contribution >= 0.6 is 7.82 Å². The molecule has 0 bridgehead atoms. The lowest BCUT2D eigenvalue weighted by atomic mass is 9.84. The Balaban J connectivity index is 1.89. The Bertz CT molecular complexity index is 2500. The molecule has 3 aliphatic rings. The smallest absolute Gasteiger partial charge is 0.463 e. The number of carbonyl (C=O) groups excluding carboxylic acids is 4. The summed E-state index contributed by atoms with van der Waals surface area (Å²) in [5.41, 5.74) is 0. The molecule has 2 heterocycles. The molecule has 0 aromatic rings. The summed E-state index contributed by atoms with van der Waals surface area (Å²) in [5, 5.41) is 103. The summed E-state index contributed by atoms with van der Waals surface area (Å²) in [6.45, 7) is 5.67. The summed E-state index contributed by atoms with van der Waals surface area (Å²) in [5.74, 6) is -2.93. The number of rotatable bonds is 82. The molecule has 121 heavy (non-hydrogen) atoms. The van der Waals surface area contributed by atoms with Gasteiger partial charge in [0.25, 0.3) is 0 Å². The van der Waals surface area contributed by atoms with Gasteiger partial charge in [-0.05, 0) is 25.7 Å². The highest BCUT2D eigenvalue weighted by Crippen LogP contribution is 2.49. The topological polar surface area (TPSA) is 380 Å². The van der Waals surface area contributed by atoms with Crippen LogP contribution in [0.25, 0.3) is 0 Å². The van der Waals surface area contributed by atoms with Gasteiger partial charge in [0.05, 0.1) is 13.2 Å². The third kappa shape index (κ3) is 53.9. The van der Waals surface area contributed by atoms with Crippen LogP contribution in [0.5, 0.6) is 0 Å². The van der Waals surface area contributed by atoms with Gasteiger partial charge in [0.15, 0.2) is 24.8 Å². The SMILES string of the molecule is CCCCCCCCCCCCCCCCCCC(=O)OCC1OC(OC2C(OC(=O)CCCCCCCCCCCCCCCCC)C(O)C(O)C(OC3OC(CO)C(O)C(O)C3O)C2OP(=O)(O)OCC(COC(=O)CCCCCCCCCCCCCCCCC)OC(=O)CCCCCCCCCCCCCCCCCC)C(O)C(O)C1O. The molecule has 26 heteroatoms. The highest BCUT2D eigenvalue weighted by Gasteiger charge is 2.60. The van der Waals surface area contributed by atoms with Gasteiger partial charge in [0.1, 0.15) is 92.6 Å². The van der Waals surface area contributed by atoms with E-state index in [4.69, 9.17) is 46.9 Å². The number of ether oxygens (including phenoxy) is 8. The molecule has 2 aliphatic heterocycles. The molecule has 0 aromatic heterocycles. The average Bonchev–Trinajstić information content (AvgIpc) is 0.751. The van der Waals surface area contributed by atoms with E-state index >= 15 is 0 Å². The third-order valence-corrected chi connectivity index (χ3v) is 25.6. The van der Waals surface area contributed by atoms with Crippen molar-refractivity contribution in [3.8, 4) is 0 Å². The first-order chi connectivity index (χ1) is 58.7. The van der Waals surface area contributed by atoms with Gasteiger partial charge in [-0.3, -0.25) is 28.2 Å². The van der Waals surface area contributed by atoms with Crippen molar-refractivity contribution in [2.45, 2.75) is 556 Å². The summed E-state index contributed by atoms with van der Waals surface area (Å²) in [6.07, 6.45) is 33.4. The van der Waals surface area contributed by atoms with Crippen LogP contribution in [0, 0.1) is 0 Å². The maximum absolute atomic E-state index is 14.9. The minimum absolute atomic E-state index is 0.0206. The molecular weight excluding hydrogens is 1570 g/mol. The lowest BCUT2D eigenvalue weighted by Crippen LogP contribution is -2.70. The molecular formula is C95H179O25P. The standard InChI is InChI=1S/C95H179O25P/c1-5-9-13-17-21-25-29-33-37-41-44-48-52-56-60-64-68-79(98)112-74-77-83(102)85(104)89(108)95(116-77)119-92-90(117-81(100)70-66-62-58-54-50-45-40-36-32-28-24-20-16-12-8-4)86(105)87(106)91(118-94-88(107)84(103)82(101)76(71-96)115-94)93(92)120-121(109,110)113-73-75(72-111-78(97)67-63-59-55-51-47-43-39-35-31-27-23-19-15-11-7-3)114-80(99)69-65-61-57-53-49-46-42-38-34-30-26-22-18-14-10-6-2/h75-77,82-96,101-108H,5-74H2,1-4H3,(H,109,110). The zero-order chi connectivity index (χ0) is 88.2. The molecule has 25 nitrogen and oxygen atoms in total. The summed E-state index contributed by atoms with van der Waals surface area (Å²) in [4.78, 5) is 66.6. The fraction of sp³-hybridized carbons (Fsp3) is 0.958. The monoisotopic (exact) mass is 1750 g/mol. The number of phosphoric ester groups is 1. The van der Waals surface area contributed by atoms with Crippen molar-refractivity contribution in [1.82, 2.24) is 0 Å². The van der Waals surface area contributed by atoms with E-state index in [2.05, 4.69) is 27.7 Å².